The Morgan fingerprint density at radius 2 is 1.94 bits per heavy atom. The molecule has 0 spiro atoms. The molecule has 1 aromatic carbocycles. The van der Waals surface area contributed by atoms with Crippen molar-refractivity contribution in [3.63, 3.8) is 0 Å². The third-order valence-corrected chi connectivity index (χ3v) is 4.39. The molecule has 3 nitrogen and oxygen atoms in total. The van der Waals surface area contributed by atoms with E-state index in [2.05, 4.69) is 20.8 Å². The molecule has 0 aliphatic carbocycles. The van der Waals surface area contributed by atoms with Gasteiger partial charge in [0.2, 0.25) is 10.0 Å². The smallest absolute Gasteiger partial charge is 0.225 e. The van der Waals surface area contributed by atoms with Gasteiger partial charge in [0.1, 0.15) is 0 Å². The average molecular weight is 269 g/mol. The van der Waals surface area contributed by atoms with Crippen molar-refractivity contribution in [2.75, 3.05) is 0 Å². The molecule has 2 N–H and O–H groups in total. The summed E-state index contributed by atoms with van der Waals surface area (Å²) in [5.74, 6) is 0.360. The van der Waals surface area contributed by atoms with Gasteiger partial charge in [-0.3, -0.25) is 0 Å². The SMILES string of the molecule is CCCCc1c(C(C)CC)cccc1S(N)(=O)=O. The van der Waals surface area contributed by atoms with Crippen LogP contribution in [0.15, 0.2) is 23.1 Å². The summed E-state index contributed by atoms with van der Waals surface area (Å²) < 4.78 is 23.3. The van der Waals surface area contributed by atoms with Crippen LogP contribution in [-0.4, -0.2) is 8.42 Å². The Kier molecular flexibility index (Phi) is 5.35. The first-order valence-corrected chi connectivity index (χ1v) is 8.11. The van der Waals surface area contributed by atoms with E-state index >= 15 is 0 Å². The van der Waals surface area contributed by atoms with Gasteiger partial charge in [0.25, 0.3) is 0 Å². The highest BCUT2D eigenvalue weighted by molar-refractivity contribution is 7.89. The zero-order chi connectivity index (χ0) is 13.8. The van der Waals surface area contributed by atoms with E-state index in [0.717, 1.165) is 36.8 Å². The number of unbranched alkanes of at least 4 members (excludes halogenated alkanes) is 1. The van der Waals surface area contributed by atoms with Crippen molar-refractivity contribution in [1.82, 2.24) is 0 Å². The molecule has 0 fully saturated rings. The molecule has 0 bridgehead atoms. The summed E-state index contributed by atoms with van der Waals surface area (Å²) in [6.07, 6.45) is 3.80. The van der Waals surface area contributed by atoms with Crippen molar-refractivity contribution in [3.8, 4) is 0 Å². The fourth-order valence-electron chi connectivity index (χ4n) is 2.15. The Hall–Kier alpha value is -0.870. The van der Waals surface area contributed by atoms with Crippen LogP contribution < -0.4 is 5.14 Å². The number of sulfonamides is 1. The lowest BCUT2D eigenvalue weighted by molar-refractivity contribution is 0.595. The monoisotopic (exact) mass is 269 g/mol. The summed E-state index contributed by atoms with van der Waals surface area (Å²) in [5.41, 5.74) is 2.04. The number of hydrogen-bond acceptors (Lipinski definition) is 2. The maximum atomic E-state index is 11.7. The molecule has 0 aromatic heterocycles. The lowest BCUT2D eigenvalue weighted by atomic mass is 9.91. The Morgan fingerprint density at radius 3 is 2.44 bits per heavy atom. The molecule has 0 saturated carbocycles. The van der Waals surface area contributed by atoms with Gasteiger partial charge in [0.15, 0.2) is 0 Å². The second kappa shape index (κ2) is 6.34. The summed E-state index contributed by atoms with van der Waals surface area (Å²) in [5, 5.41) is 5.31. The van der Waals surface area contributed by atoms with Crippen LogP contribution in [0.4, 0.5) is 0 Å². The van der Waals surface area contributed by atoms with E-state index in [-0.39, 0.29) is 0 Å². The summed E-state index contributed by atoms with van der Waals surface area (Å²) >= 11 is 0. The normalized spacial score (nSPS) is 13.6. The van der Waals surface area contributed by atoms with Gasteiger partial charge in [-0.25, -0.2) is 13.6 Å². The number of primary sulfonamides is 1. The van der Waals surface area contributed by atoms with Crippen LogP contribution in [0, 0.1) is 0 Å². The molecule has 1 rings (SSSR count). The standard InChI is InChI=1S/C14H23NO2S/c1-4-6-8-13-12(11(3)5-2)9-7-10-14(13)18(15,16)17/h7,9-11H,4-6,8H2,1-3H3,(H2,15,16,17). The third kappa shape index (κ3) is 3.56. The van der Waals surface area contributed by atoms with Crippen LogP contribution in [0.2, 0.25) is 0 Å². The summed E-state index contributed by atoms with van der Waals surface area (Å²) in [7, 11) is -3.63. The van der Waals surface area contributed by atoms with Gasteiger partial charge in [0.05, 0.1) is 4.90 Å². The predicted octanol–water partition coefficient (Wildman–Crippen LogP) is 3.19. The predicted molar refractivity (Wildman–Crippen MR) is 75.1 cm³/mol. The van der Waals surface area contributed by atoms with Crippen molar-refractivity contribution in [1.29, 1.82) is 0 Å². The molecule has 1 unspecified atom stereocenters. The molecule has 4 heteroatoms. The van der Waals surface area contributed by atoms with Crippen molar-refractivity contribution in [2.45, 2.75) is 57.3 Å². The van der Waals surface area contributed by atoms with E-state index in [1.165, 1.54) is 0 Å². The summed E-state index contributed by atoms with van der Waals surface area (Å²) in [6, 6.07) is 5.43. The third-order valence-electron chi connectivity index (χ3n) is 3.40. The Balaban J connectivity index is 3.35. The van der Waals surface area contributed by atoms with Crippen LogP contribution in [0.5, 0.6) is 0 Å². The van der Waals surface area contributed by atoms with E-state index in [0.29, 0.717) is 10.8 Å². The minimum absolute atomic E-state index is 0.300. The highest BCUT2D eigenvalue weighted by Crippen LogP contribution is 2.28. The van der Waals surface area contributed by atoms with Crippen molar-refractivity contribution in [3.05, 3.63) is 29.3 Å². The van der Waals surface area contributed by atoms with Crippen LogP contribution in [-0.2, 0) is 16.4 Å². The van der Waals surface area contributed by atoms with Gasteiger partial charge in [0, 0.05) is 0 Å². The lowest BCUT2D eigenvalue weighted by Crippen LogP contribution is -2.16. The van der Waals surface area contributed by atoms with Crippen LogP contribution in [0.25, 0.3) is 0 Å². The van der Waals surface area contributed by atoms with E-state index in [1.54, 1.807) is 12.1 Å². The highest BCUT2D eigenvalue weighted by Gasteiger charge is 2.18. The second-order valence-electron chi connectivity index (χ2n) is 4.78. The molecule has 0 saturated heterocycles. The van der Waals surface area contributed by atoms with Gasteiger partial charge in [-0.15, -0.1) is 0 Å². The largest absolute Gasteiger partial charge is 0.238 e. The quantitative estimate of drug-likeness (QED) is 0.862. The first-order valence-electron chi connectivity index (χ1n) is 6.56. The van der Waals surface area contributed by atoms with Crippen molar-refractivity contribution >= 4 is 10.0 Å². The zero-order valence-electron chi connectivity index (χ0n) is 11.4. The van der Waals surface area contributed by atoms with Crippen molar-refractivity contribution < 1.29 is 8.42 Å². The fourth-order valence-corrected chi connectivity index (χ4v) is 2.98. The van der Waals surface area contributed by atoms with Gasteiger partial charge in [-0.2, -0.15) is 0 Å². The lowest BCUT2D eigenvalue weighted by Gasteiger charge is -2.17. The first-order chi connectivity index (χ1) is 8.41. The molecule has 102 valence electrons. The number of nitrogens with two attached hydrogens (primary N) is 1. The summed E-state index contributed by atoms with van der Waals surface area (Å²) in [4.78, 5) is 0.300. The number of benzene rings is 1. The average Bonchev–Trinajstić information content (AvgIpc) is 2.33. The second-order valence-corrected chi connectivity index (χ2v) is 6.31. The Bertz CT molecular complexity index is 495. The molecular formula is C14H23NO2S. The molecule has 0 heterocycles. The Labute approximate surface area is 110 Å². The Morgan fingerprint density at radius 1 is 1.28 bits per heavy atom. The maximum absolute atomic E-state index is 11.7. The molecule has 1 atom stereocenters. The highest BCUT2D eigenvalue weighted by atomic mass is 32.2. The molecule has 0 radical (unpaired) electrons. The van der Waals surface area contributed by atoms with Gasteiger partial charge in [-0.05, 0) is 42.4 Å². The van der Waals surface area contributed by atoms with Gasteiger partial charge < -0.3 is 0 Å². The molecule has 18 heavy (non-hydrogen) atoms. The first kappa shape index (κ1) is 15.2. The van der Waals surface area contributed by atoms with Gasteiger partial charge in [-0.1, -0.05) is 39.3 Å². The molecule has 0 aliphatic heterocycles. The van der Waals surface area contributed by atoms with Crippen LogP contribution in [0.1, 0.15) is 57.1 Å². The topological polar surface area (TPSA) is 60.2 Å². The van der Waals surface area contributed by atoms with Crippen molar-refractivity contribution in [2.24, 2.45) is 5.14 Å². The fraction of sp³-hybridized carbons (Fsp3) is 0.571. The maximum Gasteiger partial charge on any atom is 0.238 e. The van der Waals surface area contributed by atoms with Gasteiger partial charge >= 0.3 is 0 Å². The van der Waals surface area contributed by atoms with E-state index in [9.17, 15) is 8.42 Å². The minimum atomic E-state index is -3.63. The summed E-state index contributed by atoms with van der Waals surface area (Å²) in [6.45, 7) is 6.33. The van der Waals surface area contributed by atoms with E-state index < -0.39 is 10.0 Å². The molecular weight excluding hydrogens is 246 g/mol. The van der Waals surface area contributed by atoms with E-state index in [1.807, 2.05) is 6.07 Å². The minimum Gasteiger partial charge on any atom is -0.225 e. The zero-order valence-corrected chi connectivity index (χ0v) is 12.3. The number of hydrogen-bond donors (Lipinski definition) is 1. The molecule has 1 aromatic rings. The molecule has 0 aliphatic rings. The molecule has 0 amide bonds. The van der Waals surface area contributed by atoms with Crippen LogP contribution >= 0.6 is 0 Å². The van der Waals surface area contributed by atoms with E-state index in [4.69, 9.17) is 5.14 Å². The van der Waals surface area contributed by atoms with Crippen LogP contribution in [0.3, 0.4) is 0 Å². The number of rotatable bonds is 6.